The van der Waals surface area contributed by atoms with Crippen LogP contribution in [-0.4, -0.2) is 34.9 Å². The zero-order valence-electron chi connectivity index (χ0n) is 23.4. The quantitative estimate of drug-likeness (QED) is 0.212. The van der Waals surface area contributed by atoms with E-state index in [2.05, 4.69) is 0 Å². The van der Waals surface area contributed by atoms with Gasteiger partial charge in [0.05, 0.1) is 0 Å². The predicted molar refractivity (Wildman–Crippen MR) is 155 cm³/mol. The predicted octanol–water partition coefficient (Wildman–Crippen LogP) is 5.13. The normalized spacial score (nSPS) is 16.4. The van der Waals surface area contributed by atoms with E-state index in [1.54, 1.807) is 54.6 Å². The van der Waals surface area contributed by atoms with Gasteiger partial charge in [0.25, 0.3) is 0 Å². The lowest BCUT2D eigenvalue weighted by atomic mass is 9.89. The highest BCUT2D eigenvalue weighted by molar-refractivity contribution is 6.07. The van der Waals surface area contributed by atoms with Crippen LogP contribution < -0.4 is 20.9 Å². The first-order valence-electron chi connectivity index (χ1n) is 13.5. The van der Waals surface area contributed by atoms with Crippen LogP contribution in [0.3, 0.4) is 0 Å². The van der Waals surface area contributed by atoms with E-state index in [4.69, 9.17) is 20.9 Å². The summed E-state index contributed by atoms with van der Waals surface area (Å²) in [5.41, 5.74) is 14.2. The molecule has 0 bridgehead atoms. The molecule has 8 nitrogen and oxygen atoms in total. The van der Waals surface area contributed by atoms with Crippen LogP contribution in [0.4, 0.5) is 0 Å². The van der Waals surface area contributed by atoms with E-state index in [1.165, 1.54) is 6.08 Å². The Kier molecular flexibility index (Phi) is 10.6. The van der Waals surface area contributed by atoms with Crippen molar-refractivity contribution in [3.8, 4) is 11.5 Å². The molecule has 2 atom stereocenters. The standard InChI is InChI=1S/C32H38N2O6/c1-19(2)28(33)31(37)39-24-13-8-21(9-14-24)12-17-27(35)26-7-5-6-23(30(26)36)18-22-10-15-25(16-11-22)40-32(38)29(34)20(3)4/h8-20,28-29,36H,5-7,33-34H2,1-4H3/b17-12+,23-18+. The molecule has 3 rings (SSSR count). The summed E-state index contributed by atoms with van der Waals surface area (Å²) < 4.78 is 10.6. The summed E-state index contributed by atoms with van der Waals surface area (Å²) in [5, 5.41) is 10.9. The van der Waals surface area contributed by atoms with Crippen molar-refractivity contribution < 1.29 is 29.0 Å². The van der Waals surface area contributed by atoms with Gasteiger partial charge in [0.1, 0.15) is 29.3 Å². The van der Waals surface area contributed by atoms with E-state index in [0.29, 0.717) is 35.5 Å². The molecule has 0 saturated heterocycles. The van der Waals surface area contributed by atoms with Gasteiger partial charge >= 0.3 is 11.9 Å². The van der Waals surface area contributed by atoms with Gasteiger partial charge in [0.2, 0.25) is 0 Å². The molecule has 2 aromatic rings. The summed E-state index contributed by atoms with van der Waals surface area (Å²) in [6, 6.07) is 12.2. The molecule has 40 heavy (non-hydrogen) atoms. The van der Waals surface area contributed by atoms with Gasteiger partial charge in [-0.15, -0.1) is 0 Å². The van der Waals surface area contributed by atoms with E-state index >= 15 is 0 Å². The fraction of sp³-hybridized carbons (Fsp3) is 0.344. The van der Waals surface area contributed by atoms with Crippen molar-refractivity contribution in [3.63, 3.8) is 0 Å². The van der Waals surface area contributed by atoms with Crippen LogP contribution in [0.5, 0.6) is 11.5 Å². The molecule has 2 unspecified atom stereocenters. The number of carbonyl (C=O) groups is 3. The summed E-state index contributed by atoms with van der Waals surface area (Å²) >= 11 is 0. The van der Waals surface area contributed by atoms with Crippen molar-refractivity contribution >= 4 is 29.9 Å². The first-order chi connectivity index (χ1) is 19.0. The van der Waals surface area contributed by atoms with Crippen LogP contribution >= 0.6 is 0 Å². The molecule has 2 aromatic carbocycles. The van der Waals surface area contributed by atoms with Gasteiger partial charge in [0.15, 0.2) is 5.78 Å². The summed E-state index contributed by atoms with van der Waals surface area (Å²) in [6.07, 6.45) is 6.73. The number of nitrogens with two attached hydrogens (primary N) is 2. The largest absolute Gasteiger partial charge is 0.507 e. The Morgan fingerprint density at radius 3 is 1.73 bits per heavy atom. The third-order valence-electron chi connectivity index (χ3n) is 6.71. The van der Waals surface area contributed by atoms with E-state index < -0.39 is 24.0 Å². The SMILES string of the molecule is CC(C)C(N)C(=O)Oc1ccc(/C=C/C(=O)C2=C(O)/C(=C/c3ccc(OC(=O)C(N)C(C)C)cc3)CCC2)cc1. The van der Waals surface area contributed by atoms with Crippen LogP contribution in [0.2, 0.25) is 0 Å². The highest BCUT2D eigenvalue weighted by atomic mass is 16.5. The maximum absolute atomic E-state index is 12.9. The lowest BCUT2D eigenvalue weighted by molar-refractivity contribution is -0.137. The van der Waals surface area contributed by atoms with Crippen molar-refractivity contribution in [3.05, 3.63) is 82.6 Å². The Hall–Kier alpha value is -4.01. The molecule has 1 aliphatic carbocycles. The fourth-order valence-electron chi connectivity index (χ4n) is 3.93. The zero-order valence-corrected chi connectivity index (χ0v) is 23.4. The van der Waals surface area contributed by atoms with E-state index in [1.807, 2.05) is 33.8 Å². The lowest BCUT2D eigenvalue weighted by Crippen LogP contribution is -2.38. The Labute approximate surface area is 235 Å². The molecule has 0 spiro atoms. The van der Waals surface area contributed by atoms with Crippen molar-refractivity contribution in [1.82, 2.24) is 0 Å². The van der Waals surface area contributed by atoms with Crippen LogP contribution in [0, 0.1) is 11.8 Å². The molecule has 0 heterocycles. The maximum Gasteiger partial charge on any atom is 0.328 e. The molecule has 0 aromatic heterocycles. The Morgan fingerprint density at radius 2 is 1.25 bits per heavy atom. The molecule has 0 saturated carbocycles. The first kappa shape index (κ1) is 30.5. The minimum absolute atomic E-state index is 0.0111. The van der Waals surface area contributed by atoms with E-state index in [9.17, 15) is 19.5 Å². The number of hydrogen-bond donors (Lipinski definition) is 3. The highest BCUT2D eigenvalue weighted by Gasteiger charge is 2.22. The number of ketones is 1. The number of aliphatic hydroxyl groups is 1. The van der Waals surface area contributed by atoms with Gasteiger partial charge in [-0.1, -0.05) is 58.0 Å². The van der Waals surface area contributed by atoms with Gasteiger partial charge in [-0.3, -0.25) is 4.79 Å². The smallest absolute Gasteiger partial charge is 0.328 e. The maximum atomic E-state index is 12.9. The lowest BCUT2D eigenvalue weighted by Gasteiger charge is -2.17. The zero-order chi connectivity index (χ0) is 29.4. The second-order valence-electron chi connectivity index (χ2n) is 10.6. The van der Waals surface area contributed by atoms with Crippen LogP contribution in [0.25, 0.3) is 12.2 Å². The molecule has 1 aliphatic rings. The van der Waals surface area contributed by atoms with Gasteiger partial charge in [-0.25, -0.2) is 9.59 Å². The second kappa shape index (κ2) is 13.9. The molecule has 5 N–H and O–H groups in total. The summed E-state index contributed by atoms with van der Waals surface area (Å²) in [4.78, 5) is 37.0. The summed E-state index contributed by atoms with van der Waals surface area (Å²) in [6.45, 7) is 7.39. The second-order valence-corrected chi connectivity index (χ2v) is 10.6. The number of carbonyl (C=O) groups excluding carboxylic acids is 3. The molecule has 0 amide bonds. The summed E-state index contributed by atoms with van der Waals surface area (Å²) in [7, 11) is 0. The average molecular weight is 547 g/mol. The molecule has 0 aliphatic heterocycles. The minimum atomic E-state index is -0.703. The molecular weight excluding hydrogens is 508 g/mol. The summed E-state index contributed by atoms with van der Waals surface area (Å²) in [5.74, 6) is -0.578. The third-order valence-corrected chi connectivity index (χ3v) is 6.71. The van der Waals surface area contributed by atoms with Crippen LogP contribution in [0.1, 0.15) is 58.1 Å². The number of aliphatic hydroxyl groups excluding tert-OH is 1. The molecule has 0 radical (unpaired) electrons. The van der Waals surface area contributed by atoms with Crippen molar-refractivity contribution in [2.45, 2.75) is 59.0 Å². The van der Waals surface area contributed by atoms with Crippen molar-refractivity contribution in [2.75, 3.05) is 0 Å². The molecular formula is C32H38N2O6. The first-order valence-corrected chi connectivity index (χ1v) is 13.5. The molecule has 0 fully saturated rings. The highest BCUT2D eigenvalue weighted by Crippen LogP contribution is 2.31. The number of hydrogen-bond acceptors (Lipinski definition) is 8. The van der Waals surface area contributed by atoms with Gasteiger partial charge in [-0.05, 0) is 84.2 Å². The molecule has 8 heteroatoms. The van der Waals surface area contributed by atoms with Gasteiger partial charge in [-0.2, -0.15) is 0 Å². The number of ether oxygens (including phenoxy) is 2. The van der Waals surface area contributed by atoms with E-state index in [0.717, 1.165) is 17.5 Å². The van der Waals surface area contributed by atoms with Crippen molar-refractivity contribution in [2.24, 2.45) is 23.3 Å². The Bertz CT molecular complexity index is 1300. The van der Waals surface area contributed by atoms with Crippen LogP contribution in [-0.2, 0) is 14.4 Å². The topological polar surface area (TPSA) is 142 Å². The number of esters is 2. The van der Waals surface area contributed by atoms with Crippen LogP contribution in [0.15, 0.2) is 71.5 Å². The van der Waals surface area contributed by atoms with E-state index in [-0.39, 0.29) is 23.4 Å². The van der Waals surface area contributed by atoms with Gasteiger partial charge < -0.3 is 26.0 Å². The Morgan fingerprint density at radius 1 is 0.775 bits per heavy atom. The third kappa shape index (κ3) is 8.24. The molecule has 212 valence electrons. The number of rotatable bonds is 10. The number of benzene rings is 2. The monoisotopic (exact) mass is 546 g/mol. The van der Waals surface area contributed by atoms with Gasteiger partial charge in [0, 0.05) is 5.57 Å². The number of allylic oxidation sites excluding steroid dienone is 3. The average Bonchev–Trinajstić information content (AvgIpc) is 2.93. The van der Waals surface area contributed by atoms with Crippen molar-refractivity contribution in [1.29, 1.82) is 0 Å². The fourth-order valence-corrected chi connectivity index (χ4v) is 3.93. The Balaban J connectivity index is 1.66. The minimum Gasteiger partial charge on any atom is -0.507 e.